The number of hydrogen-bond acceptors (Lipinski definition) is 2. The minimum Gasteiger partial charge on any atom is -0.504 e. The highest BCUT2D eigenvalue weighted by molar-refractivity contribution is 7.42. The van der Waals surface area contributed by atoms with Crippen molar-refractivity contribution in [3.63, 3.8) is 0 Å². The summed E-state index contributed by atoms with van der Waals surface area (Å²) in [5.41, 5.74) is 0. The largest absolute Gasteiger partial charge is 0.504 e. The average molecular weight is 215 g/mol. The monoisotopic (exact) mass is 215 g/mol. The van der Waals surface area contributed by atoms with Crippen LogP contribution >= 0.6 is 8.58 Å². The van der Waals surface area contributed by atoms with E-state index in [4.69, 9.17) is 4.74 Å². The molecule has 0 rings (SSSR count). The summed E-state index contributed by atoms with van der Waals surface area (Å²) in [6, 6.07) is 0. The Morgan fingerprint density at radius 3 is 2.71 bits per heavy atom. The van der Waals surface area contributed by atoms with Crippen LogP contribution < -0.4 is 0 Å². The molecule has 0 bridgehead atoms. The summed E-state index contributed by atoms with van der Waals surface area (Å²) in [5, 5.41) is 1.44. The van der Waals surface area contributed by atoms with E-state index >= 15 is 0 Å². The molecule has 1 unspecified atom stereocenters. The number of methoxy groups -OCH3 is 1. The molecule has 0 aromatic carbocycles. The molecule has 0 aromatic heterocycles. The number of ether oxygens (including phenoxy) is 1. The highest BCUT2D eigenvalue weighted by Gasteiger charge is 1.92. The molecule has 0 amide bonds. The third-order valence-electron chi connectivity index (χ3n) is 1.75. The van der Waals surface area contributed by atoms with Gasteiger partial charge in [-0.2, -0.15) is 0 Å². The van der Waals surface area contributed by atoms with Crippen molar-refractivity contribution in [1.82, 2.24) is 4.90 Å². The van der Waals surface area contributed by atoms with Crippen molar-refractivity contribution in [1.29, 1.82) is 0 Å². The van der Waals surface area contributed by atoms with Gasteiger partial charge in [-0.05, 0) is 46.2 Å². The highest BCUT2D eigenvalue weighted by Crippen LogP contribution is 2.23. The number of hydrogen-bond donors (Lipinski definition) is 0. The quantitative estimate of drug-likeness (QED) is 0.280. The zero-order chi connectivity index (χ0) is 10.8. The molecule has 0 saturated heterocycles. The van der Waals surface area contributed by atoms with Crippen molar-refractivity contribution in [3.8, 4) is 0 Å². The second kappa shape index (κ2) is 9.23. The number of nitrogens with zero attached hydrogens (tertiary/aromatic N) is 1. The van der Waals surface area contributed by atoms with Crippen LogP contribution in [0.1, 0.15) is 13.3 Å². The Balaban J connectivity index is 3.48. The fourth-order valence-electron chi connectivity index (χ4n) is 1.00. The highest BCUT2D eigenvalue weighted by atomic mass is 31.1. The molecule has 0 radical (unpaired) electrons. The molecule has 2 nitrogen and oxygen atoms in total. The fraction of sp³-hybridized carbons (Fsp3) is 0.636. The van der Waals surface area contributed by atoms with Gasteiger partial charge in [-0.3, -0.25) is 0 Å². The van der Waals surface area contributed by atoms with E-state index in [1.54, 1.807) is 13.4 Å². The van der Waals surface area contributed by atoms with Crippen LogP contribution in [-0.2, 0) is 4.74 Å². The molecule has 0 aromatic rings. The van der Waals surface area contributed by atoms with Gasteiger partial charge in [0.15, 0.2) is 0 Å². The first kappa shape index (κ1) is 13.7. The predicted octanol–water partition coefficient (Wildman–Crippen LogP) is 2.68. The van der Waals surface area contributed by atoms with Gasteiger partial charge in [0.2, 0.25) is 0 Å². The third kappa shape index (κ3) is 9.76. The molecule has 0 aliphatic rings. The van der Waals surface area contributed by atoms with Gasteiger partial charge in [0.1, 0.15) is 0 Å². The number of rotatable bonds is 7. The number of allylic oxidation sites excluding steroid dienone is 3. The van der Waals surface area contributed by atoms with Crippen LogP contribution in [0.3, 0.4) is 0 Å². The van der Waals surface area contributed by atoms with Crippen LogP contribution in [0, 0.1) is 0 Å². The molecule has 82 valence electrons. The maximum absolute atomic E-state index is 4.82. The summed E-state index contributed by atoms with van der Waals surface area (Å²) in [6.07, 6.45) is 8.35. The van der Waals surface area contributed by atoms with Crippen LogP contribution in [0.15, 0.2) is 23.7 Å². The van der Waals surface area contributed by atoms with E-state index in [1.165, 1.54) is 24.4 Å². The van der Waals surface area contributed by atoms with Gasteiger partial charge >= 0.3 is 0 Å². The van der Waals surface area contributed by atoms with Gasteiger partial charge in [0.05, 0.1) is 13.4 Å². The van der Waals surface area contributed by atoms with Crippen LogP contribution in [0.2, 0.25) is 0 Å². The Hall–Kier alpha value is -0.330. The van der Waals surface area contributed by atoms with Gasteiger partial charge in [-0.25, -0.2) is 0 Å². The molecular formula is C11H22NOP. The Morgan fingerprint density at radius 1 is 1.43 bits per heavy atom. The first-order chi connectivity index (χ1) is 6.66. The summed E-state index contributed by atoms with van der Waals surface area (Å²) in [6.45, 7) is 3.36. The summed E-state index contributed by atoms with van der Waals surface area (Å²) in [4.78, 5) is 2.23. The molecule has 3 heteroatoms. The normalized spacial score (nSPS) is 13.6. The van der Waals surface area contributed by atoms with Crippen molar-refractivity contribution in [2.45, 2.75) is 13.3 Å². The lowest BCUT2D eigenvalue weighted by molar-refractivity contribution is 0.338. The van der Waals surface area contributed by atoms with E-state index in [0.29, 0.717) is 0 Å². The zero-order valence-electron chi connectivity index (χ0n) is 9.71. The van der Waals surface area contributed by atoms with E-state index in [-0.39, 0.29) is 0 Å². The second-order valence-corrected chi connectivity index (χ2v) is 5.14. The first-order valence-corrected chi connectivity index (χ1v) is 6.12. The summed E-state index contributed by atoms with van der Waals surface area (Å²) < 4.78 is 4.82. The van der Waals surface area contributed by atoms with Crippen molar-refractivity contribution >= 4 is 8.58 Å². The van der Waals surface area contributed by atoms with Gasteiger partial charge < -0.3 is 9.64 Å². The smallest absolute Gasteiger partial charge is 0.0824 e. The molecule has 14 heavy (non-hydrogen) atoms. The van der Waals surface area contributed by atoms with E-state index < -0.39 is 0 Å². The maximum atomic E-state index is 4.82. The third-order valence-corrected chi connectivity index (χ3v) is 3.07. The Labute approximate surface area is 89.8 Å². The molecular weight excluding hydrogens is 193 g/mol. The van der Waals surface area contributed by atoms with Crippen LogP contribution in [0.25, 0.3) is 0 Å². The molecule has 0 heterocycles. The zero-order valence-corrected chi connectivity index (χ0v) is 10.7. The first-order valence-electron chi connectivity index (χ1n) is 4.91. The summed E-state index contributed by atoms with van der Waals surface area (Å²) in [5.74, 6) is 0. The predicted molar refractivity (Wildman–Crippen MR) is 66.3 cm³/mol. The Kier molecular flexibility index (Phi) is 9.02. The fourth-order valence-corrected chi connectivity index (χ4v) is 1.95. The lowest BCUT2D eigenvalue weighted by Gasteiger charge is -2.08. The minimum absolute atomic E-state index is 0.944. The minimum atomic E-state index is 0.944. The molecule has 0 spiro atoms. The average Bonchev–Trinajstić information content (AvgIpc) is 2.13. The maximum Gasteiger partial charge on any atom is 0.0824 e. The lowest BCUT2D eigenvalue weighted by Crippen LogP contribution is -2.13. The Morgan fingerprint density at radius 2 is 2.14 bits per heavy atom. The van der Waals surface area contributed by atoms with E-state index in [0.717, 1.165) is 8.58 Å². The standard InChI is InChI=1S/C11H22NOP/c1-11(7-5-9-13-4)14-10-6-8-12(2)3/h5,7,9,14H,6,8,10H2,1-4H3/b9-5+,11-7+. The Bertz CT molecular complexity index is 188. The van der Waals surface area contributed by atoms with Gasteiger partial charge in [0.25, 0.3) is 0 Å². The van der Waals surface area contributed by atoms with Crippen molar-refractivity contribution in [3.05, 3.63) is 23.7 Å². The molecule has 0 fully saturated rings. The summed E-state index contributed by atoms with van der Waals surface area (Å²) >= 11 is 0. The molecule has 0 saturated carbocycles. The van der Waals surface area contributed by atoms with Crippen LogP contribution in [-0.4, -0.2) is 38.8 Å². The summed E-state index contributed by atoms with van der Waals surface area (Å²) in [7, 11) is 6.85. The topological polar surface area (TPSA) is 12.5 Å². The molecule has 0 aliphatic heterocycles. The molecule has 0 aliphatic carbocycles. The lowest BCUT2D eigenvalue weighted by atomic mass is 10.5. The van der Waals surface area contributed by atoms with Gasteiger partial charge in [0, 0.05) is 0 Å². The second-order valence-electron chi connectivity index (χ2n) is 3.50. The SMILES string of the molecule is CO/C=C/C=C(\C)PCCCN(C)C. The van der Waals surface area contributed by atoms with Gasteiger partial charge in [-0.15, -0.1) is 0 Å². The van der Waals surface area contributed by atoms with Crippen LogP contribution in [0.4, 0.5) is 0 Å². The van der Waals surface area contributed by atoms with Crippen molar-refractivity contribution < 1.29 is 4.74 Å². The van der Waals surface area contributed by atoms with E-state index in [2.05, 4.69) is 32.0 Å². The van der Waals surface area contributed by atoms with E-state index in [9.17, 15) is 0 Å². The van der Waals surface area contributed by atoms with Gasteiger partial charge in [-0.1, -0.05) is 20.0 Å². The van der Waals surface area contributed by atoms with Crippen molar-refractivity contribution in [2.24, 2.45) is 0 Å². The van der Waals surface area contributed by atoms with E-state index in [1.807, 2.05) is 6.08 Å². The molecule has 0 N–H and O–H groups in total. The van der Waals surface area contributed by atoms with Crippen LogP contribution in [0.5, 0.6) is 0 Å². The van der Waals surface area contributed by atoms with Crippen molar-refractivity contribution in [2.75, 3.05) is 33.9 Å². The molecule has 1 atom stereocenters.